The van der Waals surface area contributed by atoms with Crippen molar-refractivity contribution in [1.82, 2.24) is 4.90 Å². The number of esters is 2. The van der Waals surface area contributed by atoms with Gasteiger partial charge in [0.05, 0.1) is 6.61 Å². The van der Waals surface area contributed by atoms with E-state index in [0.717, 1.165) is 25.7 Å². The summed E-state index contributed by atoms with van der Waals surface area (Å²) in [5, 5.41) is 9.39. The van der Waals surface area contributed by atoms with Crippen molar-refractivity contribution in [3.05, 3.63) is 24.3 Å². The van der Waals surface area contributed by atoms with Crippen LogP contribution in [0, 0.1) is 0 Å². The molecule has 0 aliphatic rings. The number of aliphatic hydroxyl groups excluding tert-OH is 1. The summed E-state index contributed by atoms with van der Waals surface area (Å²) in [5.74, 6) is -0.300. The molecule has 0 saturated carbocycles. The molecule has 6 heteroatoms. The van der Waals surface area contributed by atoms with Gasteiger partial charge in [0.2, 0.25) is 0 Å². The quantitative estimate of drug-likeness (QED) is 0.0398. The summed E-state index contributed by atoms with van der Waals surface area (Å²) in [5.41, 5.74) is 0. The highest BCUT2D eigenvalue weighted by molar-refractivity contribution is 5.69. The molecule has 0 radical (unpaired) electrons. The molecule has 0 fully saturated rings. The van der Waals surface area contributed by atoms with Crippen LogP contribution in [0.15, 0.2) is 24.3 Å². The minimum absolute atomic E-state index is 0.0196. The maximum absolute atomic E-state index is 12.1. The molecule has 0 aliphatic carbocycles. The first-order chi connectivity index (χ1) is 23.6. The Labute approximate surface area is 297 Å². The number of rotatable bonds is 38. The molecule has 0 saturated heterocycles. The zero-order valence-corrected chi connectivity index (χ0v) is 31.9. The lowest BCUT2D eigenvalue weighted by molar-refractivity contribution is -0.144. The van der Waals surface area contributed by atoms with Gasteiger partial charge in [0.15, 0.2) is 0 Å². The smallest absolute Gasteiger partial charge is 0.305 e. The predicted octanol–water partition coefficient (Wildman–Crippen LogP) is 11.4. The Morgan fingerprint density at radius 3 is 1.10 bits per heavy atom. The summed E-state index contributed by atoms with van der Waals surface area (Å²) in [4.78, 5) is 26.2. The predicted molar refractivity (Wildman–Crippen MR) is 204 cm³/mol. The molecule has 0 aliphatic heterocycles. The van der Waals surface area contributed by atoms with Crippen molar-refractivity contribution in [1.29, 1.82) is 0 Å². The summed E-state index contributed by atoms with van der Waals surface area (Å²) >= 11 is 0. The van der Waals surface area contributed by atoms with E-state index in [9.17, 15) is 14.7 Å². The fraction of sp³-hybridized carbons (Fsp3) is 0.857. The van der Waals surface area contributed by atoms with Crippen LogP contribution < -0.4 is 0 Å². The van der Waals surface area contributed by atoms with Gasteiger partial charge in [0, 0.05) is 32.5 Å². The third-order valence-electron chi connectivity index (χ3n) is 9.04. The normalized spacial score (nSPS) is 11.8. The standard InChI is InChI=1S/C42H79NO5/c1-3-5-7-9-11-13-15-17-19-21-23-25-27-29-31-33-41(45)47-39-36-43(35-38-44)37-40-48-42(46)34-32-30-28-26-24-22-20-18-16-14-12-10-8-6-4-2/h17-20,44H,3-16,21-40H2,1-2H3/b19-17+,20-18+. The van der Waals surface area contributed by atoms with Gasteiger partial charge in [-0.2, -0.15) is 0 Å². The SMILES string of the molecule is CCCCCCCC/C=C/CCCCCCCC(=O)OCCN(CCO)CCOC(=O)CCCCCCC/C=C/CCCCCCCC. The van der Waals surface area contributed by atoms with Gasteiger partial charge in [0.1, 0.15) is 13.2 Å². The number of carbonyl (C=O) groups excluding carboxylic acids is 2. The first kappa shape index (κ1) is 46.3. The Bertz CT molecular complexity index is 680. The van der Waals surface area contributed by atoms with Crippen LogP contribution in [-0.4, -0.2) is 61.4 Å². The number of nitrogens with zero attached hydrogens (tertiary/aromatic N) is 1. The first-order valence-electron chi connectivity index (χ1n) is 20.6. The molecule has 48 heavy (non-hydrogen) atoms. The lowest BCUT2D eigenvalue weighted by Crippen LogP contribution is -2.34. The third kappa shape index (κ3) is 37.2. The molecule has 0 amide bonds. The molecule has 0 bridgehead atoms. The van der Waals surface area contributed by atoms with Gasteiger partial charge in [-0.1, -0.05) is 141 Å². The minimum Gasteiger partial charge on any atom is -0.464 e. The van der Waals surface area contributed by atoms with E-state index in [2.05, 4.69) is 38.2 Å². The average molecular weight is 678 g/mol. The molecule has 0 aromatic rings. The number of hydrogen-bond donors (Lipinski definition) is 1. The number of hydrogen-bond acceptors (Lipinski definition) is 6. The fourth-order valence-corrected chi connectivity index (χ4v) is 5.88. The van der Waals surface area contributed by atoms with Crippen molar-refractivity contribution in [2.45, 2.75) is 194 Å². The number of carbonyl (C=O) groups is 2. The van der Waals surface area contributed by atoms with Crippen molar-refractivity contribution in [2.24, 2.45) is 0 Å². The summed E-state index contributed by atoms with van der Waals surface area (Å²) in [7, 11) is 0. The zero-order chi connectivity index (χ0) is 35.0. The van der Waals surface area contributed by atoms with Gasteiger partial charge >= 0.3 is 11.9 Å². The molecule has 6 nitrogen and oxygen atoms in total. The molecular formula is C42H79NO5. The summed E-state index contributed by atoms with van der Waals surface area (Å²) in [6.07, 6.45) is 42.5. The number of unbranched alkanes of at least 4 members (excludes halogenated alkanes) is 22. The van der Waals surface area contributed by atoms with Crippen molar-refractivity contribution in [3.8, 4) is 0 Å². The van der Waals surface area contributed by atoms with E-state index in [-0.39, 0.29) is 18.5 Å². The van der Waals surface area contributed by atoms with E-state index < -0.39 is 0 Å². The van der Waals surface area contributed by atoms with Crippen molar-refractivity contribution in [3.63, 3.8) is 0 Å². The molecule has 0 rings (SSSR count). The maximum Gasteiger partial charge on any atom is 0.305 e. The highest BCUT2D eigenvalue weighted by atomic mass is 16.5. The summed E-state index contributed by atoms with van der Waals surface area (Å²) in [6.45, 7) is 6.68. The Balaban J connectivity index is 3.63. The van der Waals surface area contributed by atoms with Crippen LogP contribution in [-0.2, 0) is 19.1 Å². The molecule has 0 aromatic heterocycles. The van der Waals surface area contributed by atoms with E-state index in [1.54, 1.807) is 0 Å². The molecular weight excluding hydrogens is 598 g/mol. The van der Waals surface area contributed by atoms with Crippen LogP contribution in [0.3, 0.4) is 0 Å². The Morgan fingerprint density at radius 2 is 0.771 bits per heavy atom. The van der Waals surface area contributed by atoms with Crippen LogP contribution in [0.1, 0.15) is 194 Å². The van der Waals surface area contributed by atoms with Gasteiger partial charge in [-0.05, 0) is 64.2 Å². The number of allylic oxidation sites excluding steroid dienone is 4. The van der Waals surface area contributed by atoms with E-state index in [4.69, 9.17) is 9.47 Å². The minimum atomic E-state index is -0.150. The molecule has 0 aromatic carbocycles. The maximum atomic E-state index is 12.1. The zero-order valence-electron chi connectivity index (χ0n) is 31.9. The second kappa shape index (κ2) is 39.8. The highest BCUT2D eigenvalue weighted by Gasteiger charge is 2.09. The van der Waals surface area contributed by atoms with Crippen LogP contribution >= 0.6 is 0 Å². The van der Waals surface area contributed by atoms with Gasteiger partial charge in [0.25, 0.3) is 0 Å². The topological polar surface area (TPSA) is 76.1 Å². The third-order valence-corrected chi connectivity index (χ3v) is 9.04. The summed E-state index contributed by atoms with van der Waals surface area (Å²) in [6, 6.07) is 0. The van der Waals surface area contributed by atoms with Crippen LogP contribution in [0.2, 0.25) is 0 Å². The van der Waals surface area contributed by atoms with Crippen LogP contribution in [0.25, 0.3) is 0 Å². The molecule has 282 valence electrons. The van der Waals surface area contributed by atoms with Crippen molar-refractivity contribution >= 4 is 11.9 Å². The lowest BCUT2D eigenvalue weighted by Gasteiger charge is -2.20. The van der Waals surface area contributed by atoms with E-state index in [1.807, 2.05) is 4.90 Å². The molecule has 0 spiro atoms. The van der Waals surface area contributed by atoms with Crippen LogP contribution in [0.5, 0.6) is 0 Å². The van der Waals surface area contributed by atoms with E-state index in [0.29, 0.717) is 45.7 Å². The summed E-state index contributed by atoms with van der Waals surface area (Å²) < 4.78 is 10.8. The van der Waals surface area contributed by atoms with Crippen molar-refractivity contribution < 1.29 is 24.2 Å². The lowest BCUT2D eigenvalue weighted by atomic mass is 10.1. The Morgan fingerprint density at radius 1 is 0.458 bits per heavy atom. The van der Waals surface area contributed by atoms with Gasteiger partial charge in [-0.3, -0.25) is 14.5 Å². The molecule has 0 unspecified atom stereocenters. The average Bonchev–Trinajstić information content (AvgIpc) is 3.08. The van der Waals surface area contributed by atoms with Crippen molar-refractivity contribution in [2.75, 3.05) is 39.5 Å². The molecule has 0 atom stereocenters. The van der Waals surface area contributed by atoms with Gasteiger partial charge in [-0.15, -0.1) is 0 Å². The Hall–Kier alpha value is -1.66. The number of ether oxygens (including phenoxy) is 2. The second-order valence-electron chi connectivity index (χ2n) is 13.7. The Kier molecular flexibility index (Phi) is 38.4. The first-order valence-corrected chi connectivity index (χ1v) is 20.6. The highest BCUT2D eigenvalue weighted by Crippen LogP contribution is 2.12. The largest absolute Gasteiger partial charge is 0.464 e. The fourth-order valence-electron chi connectivity index (χ4n) is 5.88. The second-order valence-corrected chi connectivity index (χ2v) is 13.7. The molecule has 1 N–H and O–H groups in total. The van der Waals surface area contributed by atoms with E-state index in [1.165, 1.54) is 141 Å². The molecule has 0 heterocycles. The van der Waals surface area contributed by atoms with E-state index >= 15 is 0 Å². The van der Waals surface area contributed by atoms with Crippen LogP contribution in [0.4, 0.5) is 0 Å². The van der Waals surface area contributed by atoms with Gasteiger partial charge < -0.3 is 14.6 Å². The number of aliphatic hydroxyl groups is 1. The van der Waals surface area contributed by atoms with Gasteiger partial charge in [-0.25, -0.2) is 0 Å². The monoisotopic (exact) mass is 678 g/mol.